The lowest BCUT2D eigenvalue weighted by atomic mass is 10.1. The Bertz CT molecular complexity index is 579. The molecule has 0 aliphatic rings. The molecule has 1 atom stereocenters. The summed E-state index contributed by atoms with van der Waals surface area (Å²) in [6.07, 6.45) is -3.90. The van der Waals surface area contributed by atoms with Crippen molar-refractivity contribution in [3.8, 4) is 0 Å². The van der Waals surface area contributed by atoms with Crippen LogP contribution >= 0.6 is 0 Å². The Balaban J connectivity index is 2.42. The second-order valence-corrected chi connectivity index (χ2v) is 5.90. The van der Waals surface area contributed by atoms with Crippen molar-refractivity contribution in [3.05, 3.63) is 35.4 Å². The van der Waals surface area contributed by atoms with Crippen LogP contribution in [0.25, 0.3) is 0 Å². The lowest BCUT2D eigenvalue weighted by Gasteiger charge is -2.26. The number of alkyl halides is 3. The average Bonchev–Trinajstić information content (AvgIpc) is 2.50. The van der Waals surface area contributed by atoms with Gasteiger partial charge in [0.05, 0.1) is 12.6 Å². The lowest BCUT2D eigenvalue weighted by molar-refractivity contribution is -0.143. The minimum absolute atomic E-state index is 0.183. The highest BCUT2D eigenvalue weighted by molar-refractivity contribution is 5.74. The fourth-order valence-electron chi connectivity index (χ4n) is 2.23. The fraction of sp³-hybridized carbons (Fsp3) is 0.562. The van der Waals surface area contributed by atoms with Crippen LogP contribution in [0.1, 0.15) is 24.9 Å². The van der Waals surface area contributed by atoms with Crippen molar-refractivity contribution in [2.75, 3.05) is 33.7 Å². The number of benzene rings is 1. The second-order valence-electron chi connectivity index (χ2n) is 5.90. The zero-order valence-electron chi connectivity index (χ0n) is 14.3. The molecule has 1 unspecified atom stereocenters. The van der Waals surface area contributed by atoms with Crippen molar-refractivity contribution < 1.29 is 26.7 Å². The first-order chi connectivity index (χ1) is 11.5. The van der Waals surface area contributed by atoms with E-state index in [0.29, 0.717) is 12.0 Å². The number of rotatable bonds is 7. The van der Waals surface area contributed by atoms with Gasteiger partial charge in [0.1, 0.15) is 0 Å². The van der Waals surface area contributed by atoms with E-state index in [1.807, 2.05) is 0 Å². The largest absolute Gasteiger partial charge is 0.401 e. The number of nitrogens with one attached hydrogen (secondary N) is 1. The van der Waals surface area contributed by atoms with Crippen LogP contribution in [-0.4, -0.2) is 55.7 Å². The molecule has 1 aromatic carbocycles. The van der Waals surface area contributed by atoms with Crippen molar-refractivity contribution in [1.29, 1.82) is 0 Å². The molecule has 4 nitrogen and oxygen atoms in total. The highest BCUT2D eigenvalue weighted by atomic mass is 19.4. The van der Waals surface area contributed by atoms with Gasteiger partial charge in [-0.1, -0.05) is 6.07 Å². The van der Waals surface area contributed by atoms with E-state index in [1.54, 1.807) is 6.92 Å². The Morgan fingerprint density at radius 2 is 1.84 bits per heavy atom. The molecule has 1 N–H and O–H groups in total. The van der Waals surface area contributed by atoms with Crippen LogP contribution in [0.5, 0.6) is 0 Å². The van der Waals surface area contributed by atoms with E-state index in [0.717, 1.165) is 17.0 Å². The topological polar surface area (TPSA) is 35.6 Å². The quantitative estimate of drug-likeness (QED) is 0.591. The predicted octanol–water partition coefficient (Wildman–Crippen LogP) is 3.55. The number of hydrogen-bond donors (Lipinski definition) is 1. The molecule has 0 aromatic heterocycles. The molecule has 0 spiro atoms. The molecule has 0 radical (unpaired) electrons. The Morgan fingerprint density at radius 1 is 1.20 bits per heavy atom. The maximum Gasteiger partial charge on any atom is 0.401 e. The Hall–Kier alpha value is -1.90. The summed E-state index contributed by atoms with van der Waals surface area (Å²) in [7, 11) is 2.85. The van der Waals surface area contributed by atoms with Crippen molar-refractivity contribution in [3.63, 3.8) is 0 Å². The molecule has 1 rings (SSSR count). The van der Waals surface area contributed by atoms with Crippen LogP contribution in [0.2, 0.25) is 0 Å². The third kappa shape index (κ3) is 7.25. The molecule has 0 saturated heterocycles. The SMILES string of the molecule is CC(c1ccc(F)c(F)c1)N(C)C(=O)NCCCN(C)CC(F)(F)F. The van der Waals surface area contributed by atoms with Crippen LogP contribution in [0, 0.1) is 11.6 Å². The van der Waals surface area contributed by atoms with Gasteiger partial charge >= 0.3 is 12.2 Å². The van der Waals surface area contributed by atoms with Crippen LogP contribution < -0.4 is 5.32 Å². The molecule has 0 heterocycles. The first kappa shape index (κ1) is 21.1. The zero-order chi connectivity index (χ0) is 19.2. The second kappa shape index (κ2) is 8.98. The van der Waals surface area contributed by atoms with Gasteiger partial charge in [-0.25, -0.2) is 13.6 Å². The molecule has 142 valence electrons. The van der Waals surface area contributed by atoms with E-state index in [4.69, 9.17) is 0 Å². The van der Waals surface area contributed by atoms with Crippen molar-refractivity contribution >= 4 is 6.03 Å². The summed E-state index contributed by atoms with van der Waals surface area (Å²) in [5.74, 6) is -1.96. The summed E-state index contributed by atoms with van der Waals surface area (Å²) in [4.78, 5) is 14.5. The molecule has 9 heteroatoms. The Kier molecular flexibility index (Phi) is 7.60. The van der Waals surface area contributed by atoms with Gasteiger partial charge in [0.25, 0.3) is 0 Å². The highest BCUT2D eigenvalue weighted by Gasteiger charge is 2.28. The van der Waals surface area contributed by atoms with Crippen molar-refractivity contribution in [1.82, 2.24) is 15.1 Å². The first-order valence-electron chi connectivity index (χ1n) is 7.72. The molecule has 25 heavy (non-hydrogen) atoms. The van der Waals surface area contributed by atoms with Gasteiger partial charge in [0.15, 0.2) is 11.6 Å². The van der Waals surface area contributed by atoms with Crippen LogP contribution in [0.3, 0.4) is 0 Å². The monoisotopic (exact) mass is 367 g/mol. The summed E-state index contributed by atoms with van der Waals surface area (Å²) in [5.41, 5.74) is 0.432. The van der Waals surface area contributed by atoms with Crippen LogP contribution in [-0.2, 0) is 0 Å². The number of amides is 2. The average molecular weight is 367 g/mol. The summed E-state index contributed by atoms with van der Waals surface area (Å²) < 4.78 is 62.8. The van der Waals surface area contributed by atoms with Gasteiger partial charge < -0.3 is 10.2 Å². The van der Waals surface area contributed by atoms with E-state index < -0.39 is 36.4 Å². The summed E-state index contributed by atoms with van der Waals surface area (Å²) in [5, 5.41) is 2.59. The smallest absolute Gasteiger partial charge is 0.338 e. The van der Waals surface area contributed by atoms with Crippen molar-refractivity contribution in [2.45, 2.75) is 25.6 Å². The summed E-state index contributed by atoms with van der Waals surface area (Å²) >= 11 is 0. The zero-order valence-corrected chi connectivity index (χ0v) is 14.3. The number of halogens is 5. The summed E-state index contributed by atoms with van der Waals surface area (Å²) in [6, 6.07) is 2.46. The van der Waals surface area contributed by atoms with Gasteiger partial charge in [0.2, 0.25) is 0 Å². The van der Waals surface area contributed by atoms with Crippen molar-refractivity contribution in [2.24, 2.45) is 0 Å². The standard InChI is InChI=1S/C16H22F5N3O/c1-11(12-5-6-13(17)14(18)9-12)24(3)15(25)22-7-4-8-23(2)10-16(19,20)21/h5-6,9,11H,4,7-8,10H2,1-3H3,(H,22,25). The lowest BCUT2D eigenvalue weighted by Crippen LogP contribution is -2.40. The molecule has 0 aliphatic heterocycles. The number of carbonyl (C=O) groups is 1. The van der Waals surface area contributed by atoms with E-state index in [-0.39, 0.29) is 13.1 Å². The third-order valence-corrected chi connectivity index (χ3v) is 3.77. The van der Waals surface area contributed by atoms with Gasteiger partial charge in [-0.2, -0.15) is 13.2 Å². The van der Waals surface area contributed by atoms with E-state index in [2.05, 4.69) is 5.32 Å². The van der Waals surface area contributed by atoms with E-state index >= 15 is 0 Å². The molecule has 0 fully saturated rings. The molecular formula is C16H22F5N3O. The molecular weight excluding hydrogens is 345 g/mol. The van der Waals surface area contributed by atoms with E-state index in [9.17, 15) is 26.7 Å². The molecule has 0 saturated carbocycles. The Morgan fingerprint density at radius 3 is 2.40 bits per heavy atom. The van der Waals surface area contributed by atoms with E-state index in [1.165, 1.54) is 25.1 Å². The molecule has 0 bridgehead atoms. The minimum Gasteiger partial charge on any atom is -0.338 e. The van der Waals surface area contributed by atoms with Crippen LogP contribution in [0.4, 0.5) is 26.7 Å². The van der Waals surface area contributed by atoms with Gasteiger partial charge in [-0.3, -0.25) is 4.90 Å². The maximum atomic E-state index is 13.3. The Labute approximate surface area is 143 Å². The fourth-order valence-corrected chi connectivity index (χ4v) is 2.23. The minimum atomic E-state index is -4.25. The molecule has 1 aromatic rings. The predicted molar refractivity (Wildman–Crippen MR) is 84.1 cm³/mol. The summed E-state index contributed by atoms with van der Waals surface area (Å²) in [6.45, 7) is 1.04. The molecule has 2 amide bonds. The number of urea groups is 1. The van der Waals surface area contributed by atoms with Gasteiger partial charge in [0, 0.05) is 13.6 Å². The normalized spacial score (nSPS) is 13.0. The number of carbonyl (C=O) groups excluding carboxylic acids is 1. The third-order valence-electron chi connectivity index (χ3n) is 3.77. The molecule has 0 aliphatic carbocycles. The maximum absolute atomic E-state index is 13.3. The van der Waals surface area contributed by atoms with Crippen LogP contribution in [0.15, 0.2) is 18.2 Å². The first-order valence-corrected chi connectivity index (χ1v) is 7.72. The number of nitrogens with zero attached hydrogens (tertiary/aromatic N) is 2. The van der Waals surface area contributed by atoms with Gasteiger partial charge in [-0.15, -0.1) is 0 Å². The highest BCUT2D eigenvalue weighted by Crippen LogP contribution is 2.21. The van der Waals surface area contributed by atoms with Gasteiger partial charge in [-0.05, 0) is 44.6 Å². The number of hydrogen-bond acceptors (Lipinski definition) is 2.